The molecule has 0 fully saturated rings. The maximum absolute atomic E-state index is 12.5. The molecule has 0 unspecified atom stereocenters. The Balaban J connectivity index is 0.00000190. The lowest BCUT2D eigenvalue weighted by Crippen LogP contribution is -2.55. The first-order valence-electron chi connectivity index (χ1n) is 9.04. The lowest BCUT2D eigenvalue weighted by Gasteiger charge is -2.47. The Kier molecular flexibility index (Phi) is 7.17. The molecule has 0 amide bonds. The Labute approximate surface area is 166 Å². The fourth-order valence-electron chi connectivity index (χ4n) is 2.86. The summed E-state index contributed by atoms with van der Waals surface area (Å²) in [7, 11) is 0. The molecule has 0 saturated carbocycles. The normalized spacial score (nSPS) is 17.2. The van der Waals surface area contributed by atoms with E-state index < -0.39 is 0 Å². The largest absolute Gasteiger partial charge is 0.378 e. The van der Waals surface area contributed by atoms with Crippen LogP contribution in [-0.2, 0) is 0 Å². The smallest absolute Gasteiger partial charge is 0.272 e. The van der Waals surface area contributed by atoms with Crippen LogP contribution in [0, 0.1) is 5.41 Å². The number of nitrogens with one attached hydrogen (secondary N) is 3. The number of H-pyrrole nitrogens is 2. The van der Waals surface area contributed by atoms with Gasteiger partial charge in [0.25, 0.3) is 11.1 Å². The Bertz CT molecular complexity index is 1060. The minimum absolute atomic E-state index is 0.217. The number of allylic oxidation sites excluding steroid dienone is 4. The molecule has 1 aromatic rings. The Morgan fingerprint density at radius 2 is 1.57 bits per heavy atom. The average Bonchev–Trinajstić information content (AvgIpc) is 2.63. The first kappa shape index (κ1) is 23.0. The molecule has 5 heteroatoms. The van der Waals surface area contributed by atoms with Crippen molar-refractivity contribution in [3.8, 4) is 0 Å². The van der Waals surface area contributed by atoms with Crippen LogP contribution < -0.4 is 27.1 Å². The lowest BCUT2D eigenvalue weighted by atomic mass is 9.74. The molecule has 150 valence electrons. The molecular weight excluding hydrogens is 350 g/mol. The van der Waals surface area contributed by atoms with Crippen LogP contribution in [0.4, 0.5) is 0 Å². The zero-order valence-corrected chi connectivity index (χ0v) is 17.5. The summed E-state index contributed by atoms with van der Waals surface area (Å²) in [5.41, 5.74) is 1.57. The van der Waals surface area contributed by atoms with Gasteiger partial charge in [-0.25, -0.2) is 0 Å². The second-order valence-corrected chi connectivity index (χ2v) is 7.64. The van der Waals surface area contributed by atoms with Gasteiger partial charge in [-0.3, -0.25) is 9.59 Å². The molecule has 2 heterocycles. The summed E-state index contributed by atoms with van der Waals surface area (Å²) in [4.78, 5) is 30.2. The van der Waals surface area contributed by atoms with Gasteiger partial charge >= 0.3 is 0 Å². The molecule has 0 saturated heterocycles. The summed E-state index contributed by atoms with van der Waals surface area (Å²) < 4.78 is 0. The van der Waals surface area contributed by atoms with Gasteiger partial charge in [-0.05, 0) is 44.1 Å². The highest BCUT2D eigenvalue weighted by Crippen LogP contribution is 2.41. The fourth-order valence-corrected chi connectivity index (χ4v) is 2.86. The van der Waals surface area contributed by atoms with E-state index in [1.54, 1.807) is 24.3 Å². The van der Waals surface area contributed by atoms with Crippen molar-refractivity contribution in [2.45, 2.75) is 40.2 Å². The quantitative estimate of drug-likeness (QED) is 0.541. The van der Waals surface area contributed by atoms with Crippen LogP contribution in [0.15, 0.2) is 71.0 Å². The number of aromatic nitrogens is 2. The molecule has 5 nitrogen and oxygen atoms in total. The number of hydrogen-bond acceptors (Lipinski definition) is 3. The van der Waals surface area contributed by atoms with Gasteiger partial charge in [-0.15, -0.1) is 19.7 Å². The summed E-state index contributed by atoms with van der Waals surface area (Å²) in [5, 5.41) is 3.87. The van der Waals surface area contributed by atoms with Crippen molar-refractivity contribution in [1.82, 2.24) is 15.3 Å². The molecule has 0 spiro atoms. The Morgan fingerprint density at radius 1 is 1.04 bits per heavy atom. The highest BCUT2D eigenvalue weighted by Gasteiger charge is 2.40. The second-order valence-electron chi connectivity index (χ2n) is 7.64. The van der Waals surface area contributed by atoms with Crippen LogP contribution >= 0.6 is 0 Å². The lowest BCUT2D eigenvalue weighted by molar-refractivity contribution is 0.362. The van der Waals surface area contributed by atoms with E-state index >= 15 is 0 Å². The van der Waals surface area contributed by atoms with Crippen LogP contribution in [0.25, 0.3) is 12.2 Å². The highest BCUT2D eigenvalue weighted by atomic mass is 16.1. The van der Waals surface area contributed by atoms with Crippen LogP contribution in [-0.4, -0.2) is 15.5 Å². The molecule has 1 aromatic heterocycles. The van der Waals surface area contributed by atoms with Crippen molar-refractivity contribution < 1.29 is 0 Å². The standard InChI is InChI=1S/C21H27N3O2.C2H4/c1-8-10-13(3)11-15-18(25)23-16(19(26)22-15)12-14-17(20(4,5)9-2)24-21(14,6)7;1-2/h8-12,24H,1-2H2,3-7H3,(H,22,26)(H,23,25);1-2H2/b13-10+,15-11-,16-12-;. The van der Waals surface area contributed by atoms with Crippen LogP contribution in [0.2, 0.25) is 0 Å². The molecule has 28 heavy (non-hydrogen) atoms. The van der Waals surface area contributed by atoms with Crippen molar-refractivity contribution in [2.24, 2.45) is 5.41 Å². The van der Waals surface area contributed by atoms with Gasteiger partial charge in [0.05, 0.1) is 5.54 Å². The molecule has 0 radical (unpaired) electrons. The van der Waals surface area contributed by atoms with Gasteiger partial charge in [0.1, 0.15) is 10.7 Å². The van der Waals surface area contributed by atoms with Gasteiger partial charge in [0, 0.05) is 11.1 Å². The van der Waals surface area contributed by atoms with Crippen LogP contribution in [0.1, 0.15) is 34.6 Å². The average molecular weight is 382 g/mol. The van der Waals surface area contributed by atoms with E-state index in [0.717, 1.165) is 16.8 Å². The number of aromatic amines is 2. The molecule has 0 aliphatic carbocycles. The van der Waals surface area contributed by atoms with E-state index in [9.17, 15) is 9.59 Å². The maximum atomic E-state index is 12.5. The molecule has 0 bridgehead atoms. The molecular formula is C23H31N3O2. The predicted molar refractivity (Wildman–Crippen MR) is 119 cm³/mol. The Hall–Kier alpha value is -3.08. The number of rotatable bonds is 5. The molecule has 1 aliphatic rings. The molecule has 3 N–H and O–H groups in total. The van der Waals surface area contributed by atoms with E-state index in [0.29, 0.717) is 0 Å². The zero-order chi connectivity index (χ0) is 21.7. The minimum Gasteiger partial charge on any atom is -0.378 e. The van der Waals surface area contributed by atoms with E-state index in [1.807, 2.05) is 40.7 Å². The van der Waals surface area contributed by atoms with Gasteiger partial charge in [0.2, 0.25) is 0 Å². The third-order valence-corrected chi connectivity index (χ3v) is 4.56. The van der Waals surface area contributed by atoms with Crippen molar-refractivity contribution in [3.63, 3.8) is 0 Å². The molecule has 0 atom stereocenters. The SMILES string of the molecule is C=C.C=C/C=C(C)/C=c1\[nH]c(=O)/c(=C/C2=C(C(C)(C)C=C)NC2(C)C)[nH]c1=O. The molecule has 2 rings (SSSR count). The van der Waals surface area contributed by atoms with E-state index in [4.69, 9.17) is 0 Å². The van der Waals surface area contributed by atoms with Gasteiger partial charge in [-0.2, -0.15) is 0 Å². The summed E-state index contributed by atoms with van der Waals surface area (Å²) in [6, 6.07) is 0. The summed E-state index contributed by atoms with van der Waals surface area (Å²) >= 11 is 0. The minimum atomic E-state index is -0.345. The first-order chi connectivity index (χ1) is 13.0. The third kappa shape index (κ3) is 4.80. The van der Waals surface area contributed by atoms with Gasteiger partial charge in [0.15, 0.2) is 0 Å². The van der Waals surface area contributed by atoms with E-state index in [1.165, 1.54) is 0 Å². The van der Waals surface area contributed by atoms with Crippen LogP contribution in [0.5, 0.6) is 0 Å². The fraction of sp³-hybridized carbons (Fsp3) is 0.304. The third-order valence-electron chi connectivity index (χ3n) is 4.56. The zero-order valence-electron chi connectivity index (χ0n) is 17.5. The van der Waals surface area contributed by atoms with Gasteiger partial charge < -0.3 is 15.3 Å². The Morgan fingerprint density at radius 3 is 2.07 bits per heavy atom. The molecule has 0 aromatic carbocycles. The van der Waals surface area contributed by atoms with Crippen molar-refractivity contribution in [3.05, 3.63) is 92.8 Å². The van der Waals surface area contributed by atoms with E-state index in [2.05, 4.69) is 41.6 Å². The second kappa shape index (κ2) is 8.74. The van der Waals surface area contributed by atoms with Crippen LogP contribution in [0.3, 0.4) is 0 Å². The summed E-state index contributed by atoms with van der Waals surface area (Å²) in [5.74, 6) is 0. The maximum Gasteiger partial charge on any atom is 0.272 e. The summed E-state index contributed by atoms with van der Waals surface area (Å²) in [6.07, 6.45) is 8.61. The summed E-state index contributed by atoms with van der Waals surface area (Å²) in [6.45, 7) is 23.5. The van der Waals surface area contributed by atoms with Crippen molar-refractivity contribution in [1.29, 1.82) is 0 Å². The number of hydrogen-bond donors (Lipinski definition) is 3. The molecule has 1 aliphatic heterocycles. The van der Waals surface area contributed by atoms with E-state index in [-0.39, 0.29) is 32.8 Å². The topological polar surface area (TPSA) is 77.8 Å². The highest BCUT2D eigenvalue weighted by molar-refractivity contribution is 5.60. The first-order valence-corrected chi connectivity index (χ1v) is 9.04. The predicted octanol–water partition coefficient (Wildman–Crippen LogP) is 2.41. The van der Waals surface area contributed by atoms with Crippen molar-refractivity contribution >= 4 is 12.2 Å². The van der Waals surface area contributed by atoms with Crippen molar-refractivity contribution in [2.75, 3.05) is 0 Å². The van der Waals surface area contributed by atoms with Gasteiger partial charge in [-0.1, -0.05) is 38.7 Å². The monoisotopic (exact) mass is 381 g/mol.